The molecule has 1 fully saturated rings. The van der Waals surface area contributed by atoms with Gasteiger partial charge in [-0.1, -0.05) is 11.6 Å². The van der Waals surface area contributed by atoms with E-state index >= 15 is 0 Å². The van der Waals surface area contributed by atoms with Gasteiger partial charge in [0, 0.05) is 19.2 Å². The molecule has 0 bridgehead atoms. The summed E-state index contributed by atoms with van der Waals surface area (Å²) in [5, 5.41) is 0.434. The van der Waals surface area contributed by atoms with Crippen molar-refractivity contribution < 1.29 is 4.74 Å². The predicted molar refractivity (Wildman–Crippen MR) is 62.3 cm³/mol. The lowest BCUT2D eigenvalue weighted by atomic mass is 10.1. The molecule has 0 aromatic carbocycles. The summed E-state index contributed by atoms with van der Waals surface area (Å²) in [4.78, 5) is 10.5. The van der Waals surface area contributed by atoms with Crippen molar-refractivity contribution in [2.45, 2.75) is 32.0 Å². The van der Waals surface area contributed by atoms with E-state index in [9.17, 15) is 0 Å². The van der Waals surface area contributed by atoms with Gasteiger partial charge in [-0.05, 0) is 20.4 Å². The number of aromatic nitrogens is 2. The van der Waals surface area contributed by atoms with Gasteiger partial charge in [0.1, 0.15) is 5.15 Å². The van der Waals surface area contributed by atoms with Crippen LogP contribution in [0.4, 0.5) is 0 Å². The first-order valence-electron chi connectivity index (χ1n) is 5.45. The summed E-state index contributed by atoms with van der Waals surface area (Å²) < 4.78 is 5.54. The van der Waals surface area contributed by atoms with Crippen molar-refractivity contribution in [3.63, 3.8) is 0 Å². The Hall–Kier alpha value is -0.710. The molecule has 0 saturated carbocycles. The number of likely N-dealkylation sites (N-methyl/N-ethyl adjacent to an activating group) is 1. The van der Waals surface area contributed by atoms with Gasteiger partial charge >= 0.3 is 0 Å². The smallest absolute Gasteiger partial charge is 0.147 e. The van der Waals surface area contributed by atoms with Gasteiger partial charge in [-0.2, -0.15) is 0 Å². The van der Waals surface area contributed by atoms with Crippen LogP contribution in [0.5, 0.6) is 0 Å². The molecule has 0 spiro atoms. The molecule has 0 aliphatic carbocycles. The van der Waals surface area contributed by atoms with Gasteiger partial charge in [-0.25, -0.2) is 4.98 Å². The van der Waals surface area contributed by atoms with Crippen molar-refractivity contribution in [3.8, 4) is 0 Å². The Labute approximate surface area is 101 Å². The minimum atomic E-state index is 0.297. The highest BCUT2D eigenvalue weighted by molar-refractivity contribution is 6.29. The predicted octanol–water partition coefficient (Wildman–Crippen LogP) is 1.74. The molecule has 1 saturated heterocycles. The first kappa shape index (κ1) is 11.8. The van der Waals surface area contributed by atoms with Gasteiger partial charge < -0.3 is 4.74 Å². The summed E-state index contributed by atoms with van der Waals surface area (Å²) in [6.45, 7) is 3.74. The Bertz CT molecular complexity index is 344. The fourth-order valence-corrected chi connectivity index (χ4v) is 2.19. The third-order valence-electron chi connectivity index (χ3n) is 2.99. The molecule has 2 rings (SSSR count). The summed E-state index contributed by atoms with van der Waals surface area (Å²) in [6.07, 6.45) is 4.68. The average Bonchev–Trinajstić information content (AvgIpc) is 2.68. The van der Waals surface area contributed by atoms with Crippen LogP contribution in [-0.4, -0.2) is 40.7 Å². The normalized spacial score (nSPS) is 25.2. The summed E-state index contributed by atoms with van der Waals surface area (Å²) >= 11 is 5.69. The van der Waals surface area contributed by atoms with E-state index in [4.69, 9.17) is 16.3 Å². The maximum absolute atomic E-state index is 5.69. The Kier molecular flexibility index (Phi) is 3.74. The molecule has 1 aliphatic rings. The topological polar surface area (TPSA) is 38.2 Å². The zero-order valence-corrected chi connectivity index (χ0v) is 10.3. The van der Waals surface area contributed by atoms with E-state index in [1.54, 1.807) is 12.4 Å². The second kappa shape index (κ2) is 5.08. The Balaban J connectivity index is 1.96. The zero-order chi connectivity index (χ0) is 11.5. The molecule has 0 N–H and O–H groups in total. The van der Waals surface area contributed by atoms with Crippen molar-refractivity contribution >= 4 is 11.6 Å². The molecule has 1 aliphatic heterocycles. The van der Waals surface area contributed by atoms with Crippen LogP contribution < -0.4 is 0 Å². The van der Waals surface area contributed by atoms with Crippen molar-refractivity contribution in [3.05, 3.63) is 23.2 Å². The molecule has 0 amide bonds. The van der Waals surface area contributed by atoms with Crippen molar-refractivity contribution in [2.75, 3.05) is 13.7 Å². The number of ether oxygens (including phenoxy) is 1. The van der Waals surface area contributed by atoms with Crippen LogP contribution in [0.25, 0.3) is 0 Å². The summed E-state index contributed by atoms with van der Waals surface area (Å²) in [7, 11) is 2.09. The molecule has 2 atom stereocenters. The molecular formula is C11H16ClN3O. The number of nitrogens with zero attached hydrogens (tertiary/aromatic N) is 3. The van der Waals surface area contributed by atoms with Crippen LogP contribution in [0.1, 0.15) is 19.0 Å². The lowest BCUT2D eigenvalue weighted by Crippen LogP contribution is -2.36. The van der Waals surface area contributed by atoms with E-state index in [1.807, 2.05) is 0 Å². The third kappa shape index (κ3) is 2.70. The Morgan fingerprint density at radius 1 is 1.50 bits per heavy atom. The number of hydrogen-bond acceptors (Lipinski definition) is 4. The van der Waals surface area contributed by atoms with E-state index in [-0.39, 0.29) is 0 Å². The molecular weight excluding hydrogens is 226 g/mol. The minimum absolute atomic E-state index is 0.297. The lowest BCUT2D eigenvalue weighted by molar-refractivity contribution is 0.0810. The fraction of sp³-hybridized carbons (Fsp3) is 0.636. The van der Waals surface area contributed by atoms with E-state index in [2.05, 4.69) is 28.8 Å². The van der Waals surface area contributed by atoms with Crippen LogP contribution in [-0.2, 0) is 11.3 Å². The van der Waals surface area contributed by atoms with Crippen molar-refractivity contribution in [2.24, 2.45) is 0 Å². The van der Waals surface area contributed by atoms with E-state index in [0.29, 0.717) is 17.3 Å². The summed E-state index contributed by atoms with van der Waals surface area (Å²) in [6, 6.07) is 0.470. The minimum Gasteiger partial charge on any atom is -0.377 e. The number of halogens is 1. The van der Waals surface area contributed by atoms with Gasteiger partial charge in [-0.3, -0.25) is 9.88 Å². The van der Waals surface area contributed by atoms with Crippen molar-refractivity contribution in [1.82, 2.24) is 14.9 Å². The highest BCUT2D eigenvalue weighted by Gasteiger charge is 2.27. The van der Waals surface area contributed by atoms with E-state index in [1.165, 1.54) is 0 Å². The zero-order valence-electron chi connectivity index (χ0n) is 9.56. The Morgan fingerprint density at radius 3 is 2.88 bits per heavy atom. The van der Waals surface area contributed by atoms with Crippen LogP contribution in [0, 0.1) is 0 Å². The SMILES string of the molecule is CC1OCCC1N(C)Cc1cnc(Cl)cn1. The lowest BCUT2D eigenvalue weighted by Gasteiger charge is -2.25. The number of rotatable bonds is 3. The van der Waals surface area contributed by atoms with Crippen LogP contribution in [0.3, 0.4) is 0 Å². The summed E-state index contributed by atoms with van der Waals surface area (Å²) in [5.74, 6) is 0. The highest BCUT2D eigenvalue weighted by atomic mass is 35.5. The molecule has 1 aromatic heterocycles. The first-order chi connectivity index (χ1) is 7.66. The fourth-order valence-electron chi connectivity index (χ4n) is 2.09. The van der Waals surface area contributed by atoms with Gasteiger partial charge in [0.2, 0.25) is 0 Å². The van der Waals surface area contributed by atoms with E-state index in [0.717, 1.165) is 25.3 Å². The molecule has 2 heterocycles. The van der Waals surface area contributed by atoms with Gasteiger partial charge in [0.05, 0.1) is 24.2 Å². The molecule has 2 unspecified atom stereocenters. The maximum Gasteiger partial charge on any atom is 0.147 e. The molecule has 1 aromatic rings. The summed E-state index contributed by atoms with van der Waals surface area (Å²) in [5.41, 5.74) is 0.936. The highest BCUT2D eigenvalue weighted by Crippen LogP contribution is 2.19. The van der Waals surface area contributed by atoms with Crippen LogP contribution >= 0.6 is 11.6 Å². The second-order valence-corrected chi connectivity index (χ2v) is 4.56. The monoisotopic (exact) mass is 241 g/mol. The Morgan fingerprint density at radius 2 is 2.31 bits per heavy atom. The molecule has 5 heteroatoms. The van der Waals surface area contributed by atoms with Gasteiger partial charge in [0.15, 0.2) is 0 Å². The molecule has 0 radical (unpaired) electrons. The number of hydrogen-bond donors (Lipinski definition) is 0. The maximum atomic E-state index is 5.69. The standard InChI is InChI=1S/C11H16ClN3O/c1-8-10(3-4-16-8)15(2)7-9-5-14-11(12)6-13-9/h5-6,8,10H,3-4,7H2,1-2H3. The first-order valence-corrected chi connectivity index (χ1v) is 5.83. The van der Waals surface area contributed by atoms with Crippen molar-refractivity contribution in [1.29, 1.82) is 0 Å². The van der Waals surface area contributed by atoms with Crippen LogP contribution in [0.15, 0.2) is 12.4 Å². The quantitative estimate of drug-likeness (QED) is 0.808. The molecule has 4 nitrogen and oxygen atoms in total. The second-order valence-electron chi connectivity index (χ2n) is 4.18. The average molecular weight is 242 g/mol. The molecule has 88 valence electrons. The molecule has 16 heavy (non-hydrogen) atoms. The largest absolute Gasteiger partial charge is 0.377 e. The van der Waals surface area contributed by atoms with E-state index < -0.39 is 0 Å². The van der Waals surface area contributed by atoms with Crippen LogP contribution in [0.2, 0.25) is 5.15 Å². The third-order valence-corrected chi connectivity index (χ3v) is 3.18. The van der Waals surface area contributed by atoms with Gasteiger partial charge in [0.25, 0.3) is 0 Å². The van der Waals surface area contributed by atoms with Gasteiger partial charge in [-0.15, -0.1) is 0 Å².